The van der Waals surface area contributed by atoms with Gasteiger partial charge in [0.25, 0.3) is 5.91 Å². The highest BCUT2D eigenvalue weighted by Crippen LogP contribution is 2.30. The molecule has 2 aliphatic heterocycles. The maximum Gasteiger partial charge on any atom is 0.275 e. The average Bonchev–Trinajstić information content (AvgIpc) is 3.16. The van der Waals surface area contributed by atoms with Gasteiger partial charge in [0, 0.05) is 6.54 Å². The van der Waals surface area contributed by atoms with E-state index in [0.29, 0.717) is 18.9 Å². The average molecular weight is 372 g/mol. The number of carbonyl (C=O) groups is 1. The molecule has 3 rings (SSSR count). The molecular formula is C15H22BrN3O3. The van der Waals surface area contributed by atoms with E-state index in [-0.39, 0.29) is 24.2 Å². The van der Waals surface area contributed by atoms with Crippen LogP contribution in [0, 0.1) is 0 Å². The van der Waals surface area contributed by atoms with E-state index in [4.69, 9.17) is 9.47 Å². The number of aromatic amines is 1. The highest BCUT2D eigenvalue weighted by atomic mass is 79.9. The molecule has 0 bridgehead atoms. The number of hydrogen-bond donors (Lipinski definition) is 1. The smallest absolute Gasteiger partial charge is 0.275 e. The van der Waals surface area contributed by atoms with Crippen LogP contribution in [-0.4, -0.2) is 53.1 Å². The molecule has 1 N–H and O–H groups in total. The fraction of sp³-hybridized carbons (Fsp3) is 0.733. The number of H-pyrrole nitrogens is 1. The first-order chi connectivity index (χ1) is 10.6. The second kappa shape index (κ2) is 6.68. The van der Waals surface area contributed by atoms with Crippen molar-refractivity contribution in [1.82, 2.24) is 15.1 Å². The number of nitrogens with zero attached hydrogens (tertiary/aromatic N) is 2. The van der Waals surface area contributed by atoms with Crippen molar-refractivity contribution in [2.24, 2.45) is 0 Å². The molecule has 0 saturated carbocycles. The molecule has 1 aromatic rings. The van der Waals surface area contributed by atoms with Gasteiger partial charge in [-0.25, -0.2) is 0 Å². The quantitative estimate of drug-likeness (QED) is 0.886. The van der Waals surface area contributed by atoms with Crippen LogP contribution in [0.4, 0.5) is 0 Å². The monoisotopic (exact) mass is 371 g/mol. The van der Waals surface area contributed by atoms with E-state index in [1.807, 2.05) is 4.90 Å². The Bertz CT molecular complexity index is 540. The van der Waals surface area contributed by atoms with Gasteiger partial charge >= 0.3 is 0 Å². The predicted molar refractivity (Wildman–Crippen MR) is 84.7 cm³/mol. The summed E-state index contributed by atoms with van der Waals surface area (Å²) in [7, 11) is 0. The molecule has 1 amide bonds. The second-order valence-corrected chi connectivity index (χ2v) is 6.92. The fourth-order valence-corrected chi connectivity index (χ4v) is 3.90. The van der Waals surface area contributed by atoms with Crippen LogP contribution in [0.5, 0.6) is 0 Å². The lowest BCUT2D eigenvalue weighted by Gasteiger charge is -2.37. The number of halogens is 1. The van der Waals surface area contributed by atoms with Crippen molar-refractivity contribution >= 4 is 21.8 Å². The molecule has 0 spiro atoms. The maximum absolute atomic E-state index is 12.9. The van der Waals surface area contributed by atoms with Crippen molar-refractivity contribution < 1.29 is 14.3 Å². The molecule has 3 heterocycles. The van der Waals surface area contributed by atoms with E-state index in [0.717, 1.165) is 36.0 Å². The van der Waals surface area contributed by atoms with Gasteiger partial charge in [0.05, 0.1) is 29.4 Å². The van der Waals surface area contributed by atoms with E-state index < -0.39 is 0 Å². The summed E-state index contributed by atoms with van der Waals surface area (Å²) in [5, 5.41) is 7.20. The van der Waals surface area contributed by atoms with Gasteiger partial charge in [-0.15, -0.1) is 0 Å². The summed E-state index contributed by atoms with van der Waals surface area (Å²) in [5.41, 5.74) is 1.40. The van der Waals surface area contributed by atoms with E-state index in [1.54, 1.807) is 0 Å². The minimum atomic E-state index is -0.300. The highest BCUT2D eigenvalue weighted by Gasteiger charge is 2.38. The van der Waals surface area contributed by atoms with Gasteiger partial charge < -0.3 is 14.4 Å². The fourth-order valence-electron chi connectivity index (χ4n) is 3.09. The molecule has 2 fully saturated rings. The number of carbonyl (C=O) groups excluding carboxylic acids is 1. The molecule has 0 aliphatic carbocycles. The molecular weight excluding hydrogens is 350 g/mol. The van der Waals surface area contributed by atoms with Crippen LogP contribution in [0.2, 0.25) is 0 Å². The first-order valence-electron chi connectivity index (χ1n) is 7.87. The number of ether oxygens (including phenoxy) is 2. The summed E-state index contributed by atoms with van der Waals surface area (Å²) >= 11 is 3.52. The molecule has 7 heteroatoms. The van der Waals surface area contributed by atoms with Crippen LogP contribution in [0.3, 0.4) is 0 Å². The van der Waals surface area contributed by atoms with Crippen molar-refractivity contribution in [3.8, 4) is 0 Å². The molecule has 2 aliphatic rings. The molecule has 1 aromatic heterocycles. The largest absolute Gasteiger partial charge is 0.348 e. The number of hydrogen-bond acceptors (Lipinski definition) is 4. The Morgan fingerprint density at radius 3 is 2.73 bits per heavy atom. The first-order valence-corrected chi connectivity index (χ1v) is 8.67. The molecule has 2 saturated heterocycles. The van der Waals surface area contributed by atoms with Crippen LogP contribution >= 0.6 is 15.9 Å². The third-order valence-corrected chi connectivity index (χ3v) is 5.09. The number of likely N-dealkylation sites (tertiary alicyclic amines) is 1. The Balaban J connectivity index is 1.82. The van der Waals surface area contributed by atoms with Crippen molar-refractivity contribution in [3.63, 3.8) is 0 Å². The Kier molecular flexibility index (Phi) is 4.84. The summed E-state index contributed by atoms with van der Waals surface area (Å²) < 4.78 is 12.0. The standard InChI is InChI=1S/C15H22BrN3O3/c1-9(2)12-11(16)13(18-17-12)14(20)19-6-4-3-5-10(19)15-21-7-8-22-15/h9-10,15H,3-8H2,1-2H3,(H,17,18). The van der Waals surface area contributed by atoms with Gasteiger partial charge in [-0.05, 0) is 41.1 Å². The Morgan fingerprint density at radius 2 is 2.09 bits per heavy atom. The van der Waals surface area contributed by atoms with Gasteiger partial charge in [-0.2, -0.15) is 5.10 Å². The van der Waals surface area contributed by atoms with Gasteiger partial charge in [0.2, 0.25) is 0 Å². The minimum absolute atomic E-state index is 0.0187. The highest BCUT2D eigenvalue weighted by molar-refractivity contribution is 9.10. The third kappa shape index (κ3) is 2.94. The zero-order valence-electron chi connectivity index (χ0n) is 13.0. The van der Waals surface area contributed by atoms with E-state index in [9.17, 15) is 4.79 Å². The molecule has 22 heavy (non-hydrogen) atoms. The SMILES string of the molecule is CC(C)c1[nH]nc(C(=O)N2CCCCC2C2OCCO2)c1Br. The third-order valence-electron chi connectivity index (χ3n) is 4.28. The first kappa shape index (κ1) is 16.0. The van der Waals surface area contributed by atoms with E-state index in [2.05, 4.69) is 40.0 Å². The number of rotatable bonds is 3. The molecule has 0 aromatic carbocycles. The summed E-state index contributed by atoms with van der Waals surface area (Å²) in [4.78, 5) is 14.8. The molecule has 1 atom stereocenters. The minimum Gasteiger partial charge on any atom is -0.348 e. The predicted octanol–water partition coefficient (Wildman–Crippen LogP) is 2.66. The summed E-state index contributed by atoms with van der Waals surface area (Å²) in [6, 6.07) is -0.0187. The lowest BCUT2D eigenvalue weighted by Crippen LogP contribution is -2.50. The van der Waals surface area contributed by atoms with Crippen LogP contribution in [0.25, 0.3) is 0 Å². The van der Waals surface area contributed by atoms with Gasteiger partial charge in [-0.3, -0.25) is 9.89 Å². The molecule has 122 valence electrons. The number of nitrogens with one attached hydrogen (secondary N) is 1. The number of amides is 1. The van der Waals surface area contributed by atoms with Crippen molar-refractivity contribution in [2.45, 2.75) is 51.4 Å². The number of piperidine rings is 1. The van der Waals surface area contributed by atoms with Crippen LogP contribution in [0.1, 0.15) is 55.2 Å². The van der Waals surface area contributed by atoms with Crippen LogP contribution in [-0.2, 0) is 9.47 Å². The van der Waals surface area contributed by atoms with E-state index in [1.165, 1.54) is 0 Å². The van der Waals surface area contributed by atoms with Gasteiger partial charge in [-0.1, -0.05) is 13.8 Å². The Labute approximate surface area is 138 Å². The van der Waals surface area contributed by atoms with Gasteiger partial charge in [0.15, 0.2) is 12.0 Å². The Hall–Kier alpha value is -0.920. The van der Waals surface area contributed by atoms with Crippen molar-refractivity contribution in [2.75, 3.05) is 19.8 Å². The topological polar surface area (TPSA) is 67.5 Å². The lowest BCUT2D eigenvalue weighted by atomic mass is 10.0. The van der Waals surface area contributed by atoms with Crippen LogP contribution < -0.4 is 0 Å². The zero-order valence-corrected chi connectivity index (χ0v) is 14.6. The Morgan fingerprint density at radius 1 is 1.36 bits per heavy atom. The summed E-state index contributed by atoms with van der Waals surface area (Å²) in [6.07, 6.45) is 2.71. The lowest BCUT2D eigenvalue weighted by molar-refractivity contribution is -0.100. The normalized spacial score (nSPS) is 23.5. The maximum atomic E-state index is 12.9. The molecule has 0 radical (unpaired) electrons. The van der Waals surface area contributed by atoms with Crippen LogP contribution in [0.15, 0.2) is 4.47 Å². The number of aromatic nitrogens is 2. The van der Waals surface area contributed by atoms with E-state index >= 15 is 0 Å². The molecule has 1 unspecified atom stereocenters. The summed E-state index contributed by atoms with van der Waals surface area (Å²) in [5.74, 6) is 0.223. The molecule has 6 nitrogen and oxygen atoms in total. The zero-order chi connectivity index (χ0) is 15.7. The van der Waals surface area contributed by atoms with Crippen molar-refractivity contribution in [1.29, 1.82) is 0 Å². The summed E-state index contributed by atoms with van der Waals surface area (Å²) in [6.45, 7) is 6.06. The van der Waals surface area contributed by atoms with Gasteiger partial charge in [0.1, 0.15) is 0 Å². The second-order valence-electron chi connectivity index (χ2n) is 6.13. The van der Waals surface area contributed by atoms with Crippen molar-refractivity contribution in [3.05, 3.63) is 15.9 Å².